The van der Waals surface area contributed by atoms with E-state index < -0.39 is 0 Å². The number of fused-ring (bicyclic) bond motifs is 1. The van der Waals surface area contributed by atoms with Crippen LogP contribution in [0, 0.1) is 0 Å². The second kappa shape index (κ2) is 6.04. The van der Waals surface area contributed by atoms with Gasteiger partial charge in [-0.3, -0.25) is 9.89 Å². The zero-order chi connectivity index (χ0) is 16.4. The molecule has 0 aliphatic heterocycles. The standard InChI is InChI=1S/C19H15N3O2/c23-19-12-16(21-22(19)18-7-3-4-10-20-18)13-24-17-9-8-14-5-1-2-6-15(14)11-17/h1-12,21H,13H2. The minimum atomic E-state index is -0.161. The smallest absolute Gasteiger partial charge is 0.273 e. The molecule has 0 radical (unpaired) electrons. The Kier molecular flexibility index (Phi) is 3.59. The summed E-state index contributed by atoms with van der Waals surface area (Å²) in [4.78, 5) is 16.2. The number of nitrogens with one attached hydrogen (secondary N) is 1. The van der Waals surface area contributed by atoms with Crippen molar-refractivity contribution in [3.8, 4) is 11.6 Å². The van der Waals surface area contributed by atoms with Crippen LogP contribution < -0.4 is 10.3 Å². The van der Waals surface area contributed by atoms with Crippen molar-refractivity contribution in [3.63, 3.8) is 0 Å². The molecule has 2 heterocycles. The number of hydrogen-bond donors (Lipinski definition) is 1. The summed E-state index contributed by atoms with van der Waals surface area (Å²) < 4.78 is 7.20. The largest absolute Gasteiger partial charge is 0.487 e. The van der Waals surface area contributed by atoms with Gasteiger partial charge in [-0.25, -0.2) is 9.67 Å². The molecule has 5 nitrogen and oxygen atoms in total. The minimum Gasteiger partial charge on any atom is -0.487 e. The second-order valence-electron chi connectivity index (χ2n) is 5.44. The number of benzene rings is 2. The fourth-order valence-corrected chi connectivity index (χ4v) is 2.59. The molecular formula is C19H15N3O2. The first-order valence-corrected chi connectivity index (χ1v) is 7.63. The third-order valence-corrected chi connectivity index (χ3v) is 3.77. The summed E-state index contributed by atoms with van der Waals surface area (Å²) in [5, 5.41) is 5.31. The average molecular weight is 317 g/mol. The van der Waals surface area contributed by atoms with Crippen molar-refractivity contribution in [2.24, 2.45) is 0 Å². The highest BCUT2D eigenvalue weighted by Gasteiger charge is 2.06. The lowest BCUT2D eigenvalue weighted by atomic mass is 10.1. The van der Waals surface area contributed by atoms with E-state index in [2.05, 4.69) is 16.1 Å². The van der Waals surface area contributed by atoms with Crippen LogP contribution >= 0.6 is 0 Å². The van der Waals surface area contributed by atoms with Crippen molar-refractivity contribution in [1.82, 2.24) is 14.8 Å². The quantitative estimate of drug-likeness (QED) is 0.628. The molecule has 0 unspecified atom stereocenters. The van der Waals surface area contributed by atoms with Gasteiger partial charge >= 0.3 is 0 Å². The number of hydrogen-bond acceptors (Lipinski definition) is 3. The number of ether oxygens (including phenoxy) is 1. The summed E-state index contributed by atoms with van der Waals surface area (Å²) in [7, 11) is 0. The maximum Gasteiger partial charge on any atom is 0.273 e. The highest BCUT2D eigenvalue weighted by molar-refractivity contribution is 5.83. The van der Waals surface area contributed by atoms with E-state index in [0.29, 0.717) is 11.5 Å². The van der Waals surface area contributed by atoms with E-state index in [0.717, 1.165) is 11.1 Å². The lowest BCUT2D eigenvalue weighted by Gasteiger charge is -2.06. The Bertz CT molecular complexity index is 1040. The first kappa shape index (κ1) is 14.3. The predicted molar refractivity (Wildman–Crippen MR) is 92.5 cm³/mol. The monoisotopic (exact) mass is 317 g/mol. The van der Waals surface area contributed by atoms with Gasteiger partial charge in [-0.1, -0.05) is 36.4 Å². The summed E-state index contributed by atoms with van der Waals surface area (Å²) in [5.74, 6) is 1.32. The highest BCUT2D eigenvalue weighted by Crippen LogP contribution is 2.21. The molecule has 0 saturated heterocycles. The van der Waals surface area contributed by atoms with Crippen molar-refractivity contribution in [3.05, 3.63) is 89.0 Å². The van der Waals surface area contributed by atoms with Crippen LogP contribution in [0.5, 0.6) is 5.75 Å². The Morgan fingerprint density at radius 2 is 1.79 bits per heavy atom. The van der Waals surface area contributed by atoms with Crippen LogP contribution in [0.1, 0.15) is 5.69 Å². The minimum absolute atomic E-state index is 0.161. The van der Waals surface area contributed by atoms with Crippen LogP contribution in [-0.2, 0) is 6.61 Å². The molecule has 5 heteroatoms. The van der Waals surface area contributed by atoms with Gasteiger partial charge in [-0.15, -0.1) is 0 Å². The predicted octanol–water partition coefficient (Wildman–Crippen LogP) is 3.29. The summed E-state index contributed by atoms with van der Waals surface area (Å²) >= 11 is 0. The SMILES string of the molecule is O=c1cc(COc2ccc3ccccc3c2)[nH]n1-c1ccccn1. The van der Waals surface area contributed by atoms with Gasteiger partial charge in [0.25, 0.3) is 5.56 Å². The molecule has 0 aliphatic carbocycles. The topological polar surface area (TPSA) is 59.9 Å². The van der Waals surface area contributed by atoms with Gasteiger partial charge in [0.15, 0.2) is 5.82 Å². The van der Waals surface area contributed by atoms with Crippen molar-refractivity contribution >= 4 is 10.8 Å². The Labute approximate surface area is 138 Å². The third-order valence-electron chi connectivity index (χ3n) is 3.77. The average Bonchev–Trinajstić information content (AvgIpc) is 3.01. The molecule has 4 rings (SSSR count). The first-order valence-electron chi connectivity index (χ1n) is 7.63. The molecule has 2 aromatic heterocycles. The fraction of sp³-hybridized carbons (Fsp3) is 0.0526. The number of H-pyrrole nitrogens is 1. The summed E-state index contributed by atoms with van der Waals surface area (Å²) in [6.45, 7) is 0.285. The van der Waals surface area contributed by atoms with Gasteiger partial charge < -0.3 is 4.74 Å². The van der Waals surface area contributed by atoms with E-state index in [1.807, 2.05) is 42.5 Å². The normalized spacial score (nSPS) is 10.8. The van der Waals surface area contributed by atoms with E-state index in [1.54, 1.807) is 18.3 Å². The molecule has 0 bridgehead atoms. The van der Waals surface area contributed by atoms with Crippen LogP contribution in [-0.4, -0.2) is 14.8 Å². The molecule has 1 N–H and O–H groups in total. The van der Waals surface area contributed by atoms with Gasteiger partial charge in [0.2, 0.25) is 0 Å². The van der Waals surface area contributed by atoms with E-state index in [4.69, 9.17) is 4.74 Å². The van der Waals surface area contributed by atoms with Crippen LogP contribution in [0.2, 0.25) is 0 Å². The summed E-state index contributed by atoms with van der Waals surface area (Å²) in [6.07, 6.45) is 1.65. The number of pyridine rings is 1. The Morgan fingerprint density at radius 3 is 2.62 bits per heavy atom. The molecular weight excluding hydrogens is 302 g/mol. The molecule has 118 valence electrons. The van der Waals surface area contributed by atoms with Gasteiger partial charge in [0.1, 0.15) is 12.4 Å². The van der Waals surface area contributed by atoms with Gasteiger partial charge in [0, 0.05) is 12.3 Å². The number of aromatic nitrogens is 3. The van der Waals surface area contributed by atoms with E-state index in [9.17, 15) is 4.79 Å². The zero-order valence-electron chi connectivity index (χ0n) is 12.8. The summed E-state index contributed by atoms with van der Waals surface area (Å²) in [6, 6.07) is 21.0. The highest BCUT2D eigenvalue weighted by atomic mass is 16.5. The van der Waals surface area contributed by atoms with Gasteiger partial charge in [-0.2, -0.15) is 0 Å². The Balaban J connectivity index is 1.54. The van der Waals surface area contributed by atoms with E-state index in [1.165, 1.54) is 16.1 Å². The molecule has 0 spiro atoms. The number of rotatable bonds is 4. The first-order chi connectivity index (χ1) is 11.8. The van der Waals surface area contributed by atoms with Crippen molar-refractivity contribution in [1.29, 1.82) is 0 Å². The molecule has 0 fully saturated rings. The number of nitrogens with zero attached hydrogens (tertiary/aromatic N) is 2. The molecule has 24 heavy (non-hydrogen) atoms. The molecule has 0 atom stereocenters. The maximum atomic E-state index is 12.1. The lowest BCUT2D eigenvalue weighted by Crippen LogP contribution is -2.14. The van der Waals surface area contributed by atoms with Crippen LogP contribution in [0.15, 0.2) is 77.7 Å². The van der Waals surface area contributed by atoms with Crippen LogP contribution in [0.25, 0.3) is 16.6 Å². The molecule has 4 aromatic rings. The van der Waals surface area contributed by atoms with E-state index >= 15 is 0 Å². The van der Waals surface area contributed by atoms with Crippen LogP contribution in [0.4, 0.5) is 0 Å². The lowest BCUT2D eigenvalue weighted by molar-refractivity contribution is 0.301. The van der Waals surface area contributed by atoms with Gasteiger partial charge in [-0.05, 0) is 35.0 Å². The Hall–Kier alpha value is -3.34. The maximum absolute atomic E-state index is 12.1. The number of aromatic amines is 1. The molecule has 0 amide bonds. The molecule has 2 aromatic carbocycles. The zero-order valence-corrected chi connectivity index (χ0v) is 12.8. The van der Waals surface area contributed by atoms with Crippen molar-refractivity contribution in [2.45, 2.75) is 6.61 Å². The Morgan fingerprint density at radius 1 is 0.958 bits per heavy atom. The summed E-state index contributed by atoms with van der Waals surface area (Å²) in [5.41, 5.74) is 0.532. The van der Waals surface area contributed by atoms with Crippen molar-refractivity contribution in [2.75, 3.05) is 0 Å². The molecule has 0 aliphatic rings. The van der Waals surface area contributed by atoms with E-state index in [-0.39, 0.29) is 12.2 Å². The third kappa shape index (κ3) is 2.79. The molecule has 0 saturated carbocycles. The fourth-order valence-electron chi connectivity index (χ4n) is 2.59. The van der Waals surface area contributed by atoms with Gasteiger partial charge in [0.05, 0.1) is 5.69 Å². The van der Waals surface area contributed by atoms with Crippen molar-refractivity contribution < 1.29 is 4.74 Å². The second-order valence-corrected chi connectivity index (χ2v) is 5.44. The van der Waals surface area contributed by atoms with Crippen LogP contribution in [0.3, 0.4) is 0 Å².